The second kappa shape index (κ2) is 16.8. The van der Waals surface area contributed by atoms with Gasteiger partial charge in [-0.05, 0) is 72.8 Å². The molecule has 2 heterocycles. The molecule has 1 aliphatic carbocycles. The van der Waals surface area contributed by atoms with Gasteiger partial charge in [0.15, 0.2) is 5.78 Å². The summed E-state index contributed by atoms with van der Waals surface area (Å²) in [5.74, 6) is 0.286. The number of rotatable bonds is 9. The molecule has 4 nitrogen and oxygen atoms in total. The van der Waals surface area contributed by atoms with Crippen molar-refractivity contribution in [2.75, 3.05) is 0 Å². The van der Waals surface area contributed by atoms with Crippen molar-refractivity contribution < 1.29 is 30.0 Å². The Labute approximate surface area is 325 Å². The van der Waals surface area contributed by atoms with Gasteiger partial charge in [-0.1, -0.05) is 122 Å². The zero-order valence-electron chi connectivity index (χ0n) is 32.5. The van der Waals surface area contributed by atoms with E-state index >= 15 is 0 Å². The molecule has 1 aliphatic rings. The molecule has 0 aliphatic heterocycles. The van der Waals surface area contributed by atoms with E-state index in [0.717, 1.165) is 66.4 Å². The zero-order chi connectivity index (χ0) is 37.0. The summed E-state index contributed by atoms with van der Waals surface area (Å²) in [6, 6.07) is 29.4. The molecule has 5 aromatic rings. The van der Waals surface area contributed by atoms with E-state index in [1.165, 1.54) is 39.3 Å². The maximum absolute atomic E-state index is 12.2. The fourth-order valence-electron chi connectivity index (χ4n) is 6.86. The van der Waals surface area contributed by atoms with E-state index in [-0.39, 0.29) is 47.9 Å². The minimum atomic E-state index is -0.337. The Hall–Kier alpha value is -3.92. The van der Waals surface area contributed by atoms with Gasteiger partial charge in [-0.25, -0.2) is 0 Å². The second-order valence-electron chi connectivity index (χ2n) is 15.6. The van der Waals surface area contributed by atoms with Crippen LogP contribution in [-0.4, -0.2) is 20.9 Å². The maximum Gasteiger partial charge on any atom is 0.164 e. The number of pyridine rings is 2. The van der Waals surface area contributed by atoms with E-state index in [0.29, 0.717) is 0 Å². The van der Waals surface area contributed by atoms with Gasteiger partial charge in [0, 0.05) is 66.2 Å². The van der Waals surface area contributed by atoms with Gasteiger partial charge in [-0.2, -0.15) is 0 Å². The monoisotopic (exact) mass is 872 g/mol. The Kier molecular flexibility index (Phi) is 13.2. The minimum absolute atomic E-state index is 0. The Morgan fingerprint density at radius 3 is 2.06 bits per heavy atom. The molecule has 0 spiro atoms. The predicted octanol–water partition coefficient (Wildman–Crippen LogP) is 12.5. The third-order valence-corrected chi connectivity index (χ3v) is 11.5. The molecule has 0 unspecified atom stereocenters. The van der Waals surface area contributed by atoms with Gasteiger partial charge in [0.05, 0.1) is 5.69 Å². The van der Waals surface area contributed by atoms with Gasteiger partial charge in [-0.15, -0.1) is 29.1 Å². The average molecular weight is 872 g/mol. The topological polar surface area (TPSA) is 63.1 Å². The van der Waals surface area contributed by atoms with Crippen molar-refractivity contribution in [2.24, 2.45) is 10.8 Å². The number of hydrogen-bond donors (Lipinski definition) is 1. The first-order chi connectivity index (χ1) is 24.3. The molecular weight excluding hydrogens is 817 g/mol. The SMILES string of the molecule is CC(C)(C)c1cc(-c2nccc3c2CCc2cc(-c4ccccc4)ncc2-3)[c-]c2ccccc12.CCC(C)(CC)C(=O)/C=C(\O)C(C)(CC)CC.[Ir]. The van der Waals surface area contributed by atoms with Crippen LogP contribution in [-0.2, 0) is 43.2 Å². The third-order valence-electron chi connectivity index (χ3n) is 11.5. The molecule has 0 amide bonds. The van der Waals surface area contributed by atoms with E-state index in [4.69, 9.17) is 9.97 Å². The summed E-state index contributed by atoms with van der Waals surface area (Å²) in [7, 11) is 0. The van der Waals surface area contributed by atoms with Crippen LogP contribution in [0.5, 0.6) is 0 Å². The van der Waals surface area contributed by atoms with Gasteiger partial charge in [0.25, 0.3) is 0 Å². The summed E-state index contributed by atoms with van der Waals surface area (Å²) in [5.41, 5.74) is 10.2. The molecule has 0 saturated carbocycles. The van der Waals surface area contributed by atoms with Gasteiger partial charge in [0.1, 0.15) is 5.76 Å². The number of benzene rings is 3. The van der Waals surface area contributed by atoms with Crippen molar-refractivity contribution in [1.82, 2.24) is 9.97 Å². The smallest absolute Gasteiger partial charge is 0.164 e. The molecule has 0 saturated heterocycles. The van der Waals surface area contributed by atoms with Crippen LogP contribution in [0.3, 0.4) is 0 Å². The fraction of sp³-hybridized carbons (Fsp3) is 0.383. The van der Waals surface area contributed by atoms with Crippen LogP contribution in [0.15, 0.2) is 97.0 Å². The molecule has 3 aromatic carbocycles. The van der Waals surface area contributed by atoms with E-state index in [1.807, 2.05) is 60.0 Å². The fourth-order valence-corrected chi connectivity index (χ4v) is 6.86. The molecule has 0 bridgehead atoms. The van der Waals surface area contributed by atoms with Crippen LogP contribution in [0.2, 0.25) is 0 Å². The standard InChI is InChI=1S/C32H27N2.C15H28O2.Ir/c1-32(2,3)29-18-24(17-22-11-7-8-12-25(22)29)31-27-14-13-23-19-30(21-9-5-4-6-10-21)34-20-28(23)26(27)15-16-33-31;1-7-14(5,8-2)12(16)11-13(17)15(6,9-3)10-4;/h4-12,15-16,18-20H,13-14H2,1-3H3;11,16H,7-10H2,1-6H3;/q-1;;/b;12-11-;. The van der Waals surface area contributed by atoms with Crippen molar-refractivity contribution >= 4 is 16.6 Å². The van der Waals surface area contributed by atoms with E-state index in [9.17, 15) is 9.90 Å². The number of carbonyl (C=O) groups excluding carboxylic acids is 1. The van der Waals surface area contributed by atoms with Gasteiger partial charge in [-0.3, -0.25) is 14.8 Å². The third kappa shape index (κ3) is 8.48. The van der Waals surface area contributed by atoms with Crippen LogP contribution in [0.1, 0.15) is 105 Å². The number of aromatic nitrogens is 2. The molecular formula is C47H55IrN2O2-. The van der Waals surface area contributed by atoms with Crippen LogP contribution in [0, 0.1) is 16.9 Å². The molecule has 6 rings (SSSR count). The second-order valence-corrected chi connectivity index (χ2v) is 15.6. The predicted molar refractivity (Wildman–Crippen MR) is 214 cm³/mol. The summed E-state index contributed by atoms with van der Waals surface area (Å²) in [4.78, 5) is 21.9. The molecule has 0 atom stereocenters. The number of aliphatic hydroxyl groups excluding tert-OH is 1. The van der Waals surface area contributed by atoms with Crippen LogP contribution in [0.4, 0.5) is 0 Å². The summed E-state index contributed by atoms with van der Waals surface area (Å²) in [5, 5.41) is 12.6. The first-order valence-electron chi connectivity index (χ1n) is 18.7. The summed E-state index contributed by atoms with van der Waals surface area (Å²) < 4.78 is 0. The summed E-state index contributed by atoms with van der Waals surface area (Å²) in [6.07, 6.45) is 10.7. The van der Waals surface area contributed by atoms with E-state index in [2.05, 4.69) is 93.6 Å². The van der Waals surface area contributed by atoms with E-state index < -0.39 is 0 Å². The van der Waals surface area contributed by atoms with Crippen LogP contribution >= 0.6 is 0 Å². The zero-order valence-corrected chi connectivity index (χ0v) is 34.9. The van der Waals surface area contributed by atoms with Gasteiger partial charge >= 0.3 is 0 Å². The number of carbonyl (C=O) groups is 1. The summed E-state index contributed by atoms with van der Waals surface area (Å²) >= 11 is 0. The quantitative estimate of drug-likeness (QED) is 0.0910. The van der Waals surface area contributed by atoms with Crippen molar-refractivity contribution in [3.63, 3.8) is 0 Å². The Bertz CT molecular complexity index is 2030. The molecule has 275 valence electrons. The molecule has 0 fully saturated rings. The molecule has 1 N–H and O–H groups in total. The number of aliphatic hydroxyl groups is 1. The molecule has 2 aromatic heterocycles. The number of aryl methyl sites for hydroxylation is 1. The summed E-state index contributed by atoms with van der Waals surface area (Å²) in [6.45, 7) is 18.9. The Balaban J connectivity index is 0.000000289. The Morgan fingerprint density at radius 2 is 1.42 bits per heavy atom. The largest absolute Gasteiger partial charge is 0.512 e. The minimum Gasteiger partial charge on any atom is -0.512 e. The first kappa shape index (κ1) is 40.8. The first-order valence-corrected chi connectivity index (χ1v) is 18.7. The number of nitrogens with zero attached hydrogens (tertiary/aromatic N) is 2. The molecule has 52 heavy (non-hydrogen) atoms. The Morgan fingerprint density at radius 1 is 0.788 bits per heavy atom. The van der Waals surface area contributed by atoms with Crippen molar-refractivity contribution in [3.05, 3.63) is 120 Å². The number of hydrogen-bond acceptors (Lipinski definition) is 4. The van der Waals surface area contributed by atoms with E-state index in [1.54, 1.807) is 0 Å². The average Bonchev–Trinajstić information content (AvgIpc) is 3.16. The number of fused-ring (bicyclic) bond motifs is 4. The van der Waals surface area contributed by atoms with Crippen molar-refractivity contribution in [2.45, 2.75) is 106 Å². The normalized spacial score (nSPS) is 13.0. The number of ketones is 1. The van der Waals surface area contributed by atoms with Crippen LogP contribution < -0.4 is 0 Å². The van der Waals surface area contributed by atoms with Crippen molar-refractivity contribution in [3.8, 4) is 33.6 Å². The van der Waals surface area contributed by atoms with Gasteiger partial charge < -0.3 is 5.11 Å². The molecule has 5 heteroatoms. The number of allylic oxidation sites excluding steroid dienone is 2. The van der Waals surface area contributed by atoms with Crippen LogP contribution in [0.25, 0.3) is 44.4 Å². The van der Waals surface area contributed by atoms with Crippen molar-refractivity contribution in [1.29, 1.82) is 0 Å². The molecule has 1 radical (unpaired) electrons. The maximum atomic E-state index is 12.2. The van der Waals surface area contributed by atoms with Gasteiger partial charge in [0.2, 0.25) is 0 Å².